The van der Waals surface area contributed by atoms with Gasteiger partial charge in [-0.15, -0.1) is 0 Å². The van der Waals surface area contributed by atoms with Gasteiger partial charge in [-0.25, -0.2) is 0 Å². The summed E-state index contributed by atoms with van der Waals surface area (Å²) in [5, 5.41) is 0. The minimum absolute atomic E-state index is 0.549. The van der Waals surface area contributed by atoms with Gasteiger partial charge in [0.2, 0.25) is 0 Å². The smallest absolute Gasteiger partial charge is 0.374 e. The highest BCUT2D eigenvalue weighted by Crippen LogP contribution is 2.21. The Morgan fingerprint density at radius 3 is 1.82 bits per heavy atom. The monoisotopic (exact) mass is 260 g/mol. The molecule has 0 spiro atoms. The summed E-state index contributed by atoms with van der Waals surface area (Å²) in [6.45, 7) is 12.2. The van der Waals surface area contributed by atoms with Crippen LogP contribution in [0.5, 0.6) is 0 Å². The van der Waals surface area contributed by atoms with Crippen molar-refractivity contribution in [3.63, 3.8) is 0 Å². The average molecular weight is 260 g/mol. The van der Waals surface area contributed by atoms with Gasteiger partial charge in [0.15, 0.2) is 0 Å². The Morgan fingerprint density at radius 1 is 1.00 bits per heavy atom. The van der Waals surface area contributed by atoms with E-state index in [-0.39, 0.29) is 0 Å². The lowest BCUT2D eigenvalue weighted by Crippen LogP contribution is -2.46. The molecular formula is C13H28O3Si. The molecule has 1 atom stereocenters. The summed E-state index contributed by atoms with van der Waals surface area (Å²) in [5.74, 6) is 0.549. The molecule has 0 aromatic carbocycles. The predicted octanol–water partition coefficient (Wildman–Crippen LogP) is 3.64. The van der Waals surface area contributed by atoms with Crippen LogP contribution in [0, 0.1) is 5.92 Å². The van der Waals surface area contributed by atoms with Crippen molar-refractivity contribution in [1.82, 2.24) is 0 Å². The molecule has 0 bridgehead atoms. The van der Waals surface area contributed by atoms with E-state index in [9.17, 15) is 0 Å². The second-order valence-electron chi connectivity index (χ2n) is 4.02. The first-order chi connectivity index (χ1) is 8.14. The van der Waals surface area contributed by atoms with Crippen molar-refractivity contribution in [3.05, 3.63) is 12.2 Å². The Kier molecular flexibility index (Phi) is 9.73. The van der Waals surface area contributed by atoms with E-state index in [0.717, 1.165) is 12.5 Å². The van der Waals surface area contributed by atoms with E-state index in [1.165, 1.54) is 0 Å². The Morgan fingerprint density at radius 2 is 1.47 bits per heavy atom. The van der Waals surface area contributed by atoms with Gasteiger partial charge in [0.1, 0.15) is 0 Å². The van der Waals surface area contributed by atoms with E-state index in [4.69, 9.17) is 13.3 Å². The van der Waals surface area contributed by atoms with Gasteiger partial charge >= 0.3 is 8.80 Å². The van der Waals surface area contributed by atoms with Crippen LogP contribution in [0.1, 0.15) is 41.0 Å². The molecule has 0 rings (SSSR count). The van der Waals surface area contributed by atoms with Gasteiger partial charge in [-0.2, -0.15) is 0 Å². The van der Waals surface area contributed by atoms with Crippen LogP contribution in [0.4, 0.5) is 0 Å². The molecule has 0 aliphatic heterocycles. The molecule has 0 heterocycles. The van der Waals surface area contributed by atoms with Gasteiger partial charge in [-0.05, 0) is 40.0 Å². The highest BCUT2D eigenvalue weighted by atomic mass is 28.4. The van der Waals surface area contributed by atoms with Crippen molar-refractivity contribution in [2.45, 2.75) is 47.1 Å². The lowest BCUT2D eigenvalue weighted by molar-refractivity contribution is 0.0702. The topological polar surface area (TPSA) is 27.7 Å². The molecule has 0 aromatic rings. The normalized spacial score (nSPS) is 14.4. The van der Waals surface area contributed by atoms with Crippen molar-refractivity contribution in [3.8, 4) is 0 Å². The summed E-state index contributed by atoms with van der Waals surface area (Å²) in [7, 11) is -2.42. The lowest BCUT2D eigenvalue weighted by Gasteiger charge is -2.29. The first-order valence-corrected chi connectivity index (χ1v) is 8.61. The van der Waals surface area contributed by atoms with E-state index < -0.39 is 8.80 Å². The quantitative estimate of drug-likeness (QED) is 0.443. The van der Waals surface area contributed by atoms with E-state index >= 15 is 0 Å². The molecule has 0 aliphatic carbocycles. The summed E-state index contributed by atoms with van der Waals surface area (Å²) in [6, 6.07) is 0.897. The van der Waals surface area contributed by atoms with E-state index in [1.807, 2.05) is 20.8 Å². The van der Waals surface area contributed by atoms with Crippen molar-refractivity contribution in [2.75, 3.05) is 19.8 Å². The molecule has 0 amide bonds. The van der Waals surface area contributed by atoms with Crippen LogP contribution in [0.15, 0.2) is 12.2 Å². The van der Waals surface area contributed by atoms with Crippen LogP contribution in [0.3, 0.4) is 0 Å². The standard InChI is InChI=1S/C13H28O3Si/c1-6-10-13(5)11-12-17(14-7-2,15-8-3)16-9-4/h6,10,13H,7-9,11-12H2,1-5H3/b10-6+. The zero-order chi connectivity index (χ0) is 13.1. The van der Waals surface area contributed by atoms with Gasteiger partial charge in [-0.3, -0.25) is 0 Å². The Bertz CT molecular complexity index is 190. The maximum absolute atomic E-state index is 5.81. The van der Waals surface area contributed by atoms with Crippen LogP contribution >= 0.6 is 0 Å². The SMILES string of the molecule is C/C=C/C(C)CC[Si](OCC)(OCC)OCC. The zero-order valence-electron chi connectivity index (χ0n) is 12.0. The molecule has 0 radical (unpaired) electrons. The molecule has 4 heteroatoms. The molecule has 17 heavy (non-hydrogen) atoms. The molecule has 0 aromatic heterocycles. The van der Waals surface area contributed by atoms with E-state index in [0.29, 0.717) is 25.7 Å². The summed E-state index contributed by atoms with van der Waals surface area (Å²) in [6.07, 6.45) is 5.36. The minimum Gasteiger partial charge on any atom is -0.374 e. The fourth-order valence-corrected chi connectivity index (χ4v) is 4.64. The van der Waals surface area contributed by atoms with Crippen molar-refractivity contribution >= 4 is 8.80 Å². The number of rotatable bonds is 10. The molecule has 0 saturated heterocycles. The number of allylic oxidation sites excluding steroid dienone is 2. The second-order valence-corrected chi connectivity index (χ2v) is 6.76. The first kappa shape index (κ1) is 16.8. The fraction of sp³-hybridized carbons (Fsp3) is 0.846. The third-order valence-electron chi connectivity index (χ3n) is 2.52. The maximum atomic E-state index is 5.81. The molecule has 102 valence electrons. The summed E-state index contributed by atoms with van der Waals surface area (Å²) in [4.78, 5) is 0. The Hall–Kier alpha value is -0.163. The highest BCUT2D eigenvalue weighted by molar-refractivity contribution is 6.60. The second kappa shape index (κ2) is 9.83. The van der Waals surface area contributed by atoms with Crippen LogP contribution in [-0.4, -0.2) is 28.6 Å². The van der Waals surface area contributed by atoms with E-state index in [2.05, 4.69) is 26.0 Å². The first-order valence-electron chi connectivity index (χ1n) is 6.68. The van der Waals surface area contributed by atoms with Crippen LogP contribution < -0.4 is 0 Å². The van der Waals surface area contributed by atoms with Gasteiger partial charge in [0.05, 0.1) is 0 Å². The maximum Gasteiger partial charge on any atom is 0.500 e. The predicted molar refractivity (Wildman–Crippen MR) is 74.0 cm³/mol. The molecule has 0 aliphatic rings. The third-order valence-corrected chi connectivity index (χ3v) is 5.61. The highest BCUT2D eigenvalue weighted by Gasteiger charge is 2.39. The third kappa shape index (κ3) is 6.98. The molecule has 0 fully saturated rings. The summed E-state index contributed by atoms with van der Waals surface area (Å²) < 4.78 is 17.4. The largest absolute Gasteiger partial charge is 0.500 e. The van der Waals surface area contributed by atoms with Crippen LogP contribution in [0.25, 0.3) is 0 Å². The average Bonchev–Trinajstić information content (AvgIpc) is 2.28. The van der Waals surface area contributed by atoms with Crippen LogP contribution in [0.2, 0.25) is 6.04 Å². The minimum atomic E-state index is -2.42. The van der Waals surface area contributed by atoms with Crippen molar-refractivity contribution in [2.24, 2.45) is 5.92 Å². The number of hydrogen-bond donors (Lipinski definition) is 0. The van der Waals surface area contributed by atoms with Gasteiger partial charge in [0, 0.05) is 25.9 Å². The Balaban J connectivity index is 4.42. The molecular weight excluding hydrogens is 232 g/mol. The molecule has 0 N–H and O–H groups in total. The van der Waals surface area contributed by atoms with Crippen LogP contribution in [-0.2, 0) is 13.3 Å². The fourth-order valence-electron chi connectivity index (χ4n) is 1.83. The molecule has 0 saturated carbocycles. The van der Waals surface area contributed by atoms with Gasteiger partial charge in [0.25, 0.3) is 0 Å². The van der Waals surface area contributed by atoms with Gasteiger partial charge < -0.3 is 13.3 Å². The van der Waals surface area contributed by atoms with Gasteiger partial charge in [-0.1, -0.05) is 19.1 Å². The molecule has 3 nitrogen and oxygen atoms in total. The summed E-state index contributed by atoms with van der Waals surface area (Å²) >= 11 is 0. The summed E-state index contributed by atoms with van der Waals surface area (Å²) in [5.41, 5.74) is 0. The van der Waals surface area contributed by atoms with Crippen molar-refractivity contribution in [1.29, 1.82) is 0 Å². The van der Waals surface area contributed by atoms with Crippen molar-refractivity contribution < 1.29 is 13.3 Å². The zero-order valence-corrected chi connectivity index (χ0v) is 13.0. The Labute approximate surface area is 108 Å². The van der Waals surface area contributed by atoms with E-state index in [1.54, 1.807) is 0 Å². The molecule has 1 unspecified atom stereocenters. The number of hydrogen-bond acceptors (Lipinski definition) is 3. The lowest BCUT2D eigenvalue weighted by atomic mass is 10.1.